The average molecular weight is 371 g/mol. The highest BCUT2D eigenvalue weighted by Gasteiger charge is 2.16. The standard InChI is InChI=1S/C18H17N3O6/c1-26-11-13-4-2-3-12(7-13)9-19-17(22)10-20-15-6-5-14(21(24)25)8-16(15)27-18(20)23/h2-8H,9-11H2,1H3,(H,19,22). The third kappa shape index (κ3) is 4.21. The third-order valence-corrected chi connectivity index (χ3v) is 3.96. The number of non-ortho nitro benzene ring substituents is 1. The summed E-state index contributed by atoms with van der Waals surface area (Å²) in [4.78, 5) is 34.4. The number of nitrogens with zero attached hydrogens (tertiary/aromatic N) is 2. The second-order valence-corrected chi connectivity index (χ2v) is 5.89. The van der Waals surface area contributed by atoms with Crippen LogP contribution in [-0.4, -0.2) is 22.5 Å². The average Bonchev–Trinajstić information content (AvgIpc) is 2.95. The van der Waals surface area contributed by atoms with E-state index >= 15 is 0 Å². The van der Waals surface area contributed by atoms with E-state index < -0.39 is 10.7 Å². The van der Waals surface area contributed by atoms with E-state index in [1.165, 1.54) is 12.1 Å². The summed E-state index contributed by atoms with van der Waals surface area (Å²) in [5.74, 6) is -1.13. The van der Waals surface area contributed by atoms with Crippen LogP contribution in [0.5, 0.6) is 0 Å². The second-order valence-electron chi connectivity index (χ2n) is 5.89. The van der Waals surface area contributed by atoms with Crippen molar-refractivity contribution < 1.29 is 18.9 Å². The van der Waals surface area contributed by atoms with Gasteiger partial charge in [0, 0.05) is 19.7 Å². The summed E-state index contributed by atoms with van der Waals surface area (Å²) < 4.78 is 11.2. The largest absolute Gasteiger partial charge is 0.420 e. The highest BCUT2D eigenvalue weighted by Crippen LogP contribution is 2.19. The number of benzene rings is 2. The van der Waals surface area contributed by atoms with Crippen molar-refractivity contribution in [1.29, 1.82) is 0 Å². The molecule has 9 nitrogen and oxygen atoms in total. The van der Waals surface area contributed by atoms with Gasteiger partial charge >= 0.3 is 5.76 Å². The van der Waals surface area contributed by atoms with Crippen LogP contribution in [-0.2, 0) is 29.2 Å². The van der Waals surface area contributed by atoms with Crippen molar-refractivity contribution in [3.8, 4) is 0 Å². The number of ether oxygens (including phenoxy) is 1. The van der Waals surface area contributed by atoms with Gasteiger partial charge in [-0.25, -0.2) is 4.79 Å². The number of fused-ring (bicyclic) bond motifs is 1. The lowest BCUT2D eigenvalue weighted by molar-refractivity contribution is -0.384. The number of rotatable bonds is 7. The minimum Gasteiger partial charge on any atom is -0.407 e. The molecule has 0 atom stereocenters. The normalized spacial score (nSPS) is 10.9. The molecule has 0 saturated heterocycles. The van der Waals surface area contributed by atoms with E-state index in [2.05, 4.69) is 5.32 Å². The number of carbonyl (C=O) groups excluding carboxylic acids is 1. The molecule has 0 radical (unpaired) electrons. The predicted octanol–water partition coefficient (Wildman–Crippen LogP) is 1.97. The molecule has 1 amide bonds. The Kier molecular flexibility index (Phi) is 5.32. The number of nitro groups is 1. The van der Waals surface area contributed by atoms with Crippen LogP contribution in [0.3, 0.4) is 0 Å². The molecule has 27 heavy (non-hydrogen) atoms. The van der Waals surface area contributed by atoms with E-state index in [9.17, 15) is 19.7 Å². The zero-order valence-corrected chi connectivity index (χ0v) is 14.5. The van der Waals surface area contributed by atoms with Crippen LogP contribution >= 0.6 is 0 Å². The van der Waals surface area contributed by atoms with Gasteiger partial charge in [0.25, 0.3) is 5.69 Å². The Labute approximate surface area is 153 Å². The molecule has 0 unspecified atom stereocenters. The number of nitro benzene ring substituents is 1. The number of carbonyl (C=O) groups is 1. The van der Waals surface area contributed by atoms with Gasteiger partial charge in [-0.2, -0.15) is 0 Å². The molecule has 2 aromatic carbocycles. The summed E-state index contributed by atoms with van der Waals surface area (Å²) in [6.45, 7) is 0.526. The first-order valence-electron chi connectivity index (χ1n) is 8.09. The molecule has 3 aromatic rings. The molecule has 9 heteroatoms. The maximum absolute atomic E-state index is 12.2. The first kappa shape index (κ1) is 18.3. The van der Waals surface area contributed by atoms with Crippen molar-refractivity contribution in [2.75, 3.05) is 7.11 Å². The molecular weight excluding hydrogens is 354 g/mol. The molecule has 1 heterocycles. The maximum Gasteiger partial charge on any atom is 0.420 e. The van der Waals surface area contributed by atoms with Crippen LogP contribution in [0.2, 0.25) is 0 Å². The fraction of sp³-hybridized carbons (Fsp3) is 0.222. The number of methoxy groups -OCH3 is 1. The van der Waals surface area contributed by atoms with Crippen LogP contribution in [0, 0.1) is 10.1 Å². The van der Waals surface area contributed by atoms with Gasteiger partial charge in [0.2, 0.25) is 5.91 Å². The molecule has 0 saturated carbocycles. The highest BCUT2D eigenvalue weighted by molar-refractivity contribution is 5.80. The first-order valence-corrected chi connectivity index (χ1v) is 8.09. The van der Waals surface area contributed by atoms with Crippen molar-refractivity contribution in [3.05, 3.63) is 74.3 Å². The minimum atomic E-state index is -0.747. The molecule has 0 aliphatic heterocycles. The van der Waals surface area contributed by atoms with Gasteiger partial charge in [-0.3, -0.25) is 19.5 Å². The van der Waals surface area contributed by atoms with E-state index in [0.717, 1.165) is 21.8 Å². The van der Waals surface area contributed by atoms with Gasteiger partial charge < -0.3 is 14.5 Å². The van der Waals surface area contributed by atoms with E-state index in [4.69, 9.17) is 9.15 Å². The summed E-state index contributed by atoms with van der Waals surface area (Å²) in [5.41, 5.74) is 2.08. The zero-order chi connectivity index (χ0) is 19.4. The Morgan fingerprint density at radius 3 is 2.78 bits per heavy atom. The predicted molar refractivity (Wildman–Crippen MR) is 96.1 cm³/mol. The number of aromatic nitrogens is 1. The van der Waals surface area contributed by atoms with E-state index in [1.54, 1.807) is 7.11 Å². The molecule has 0 aliphatic carbocycles. The van der Waals surface area contributed by atoms with Crippen molar-refractivity contribution in [2.45, 2.75) is 19.7 Å². The summed E-state index contributed by atoms with van der Waals surface area (Å²) in [6, 6.07) is 11.4. The Balaban J connectivity index is 1.71. The van der Waals surface area contributed by atoms with Crippen molar-refractivity contribution in [1.82, 2.24) is 9.88 Å². The molecular formula is C18H17N3O6. The molecule has 0 spiro atoms. The van der Waals surface area contributed by atoms with Gasteiger partial charge in [0.15, 0.2) is 5.58 Å². The molecule has 1 aromatic heterocycles. The number of hydrogen-bond donors (Lipinski definition) is 1. The summed E-state index contributed by atoms with van der Waals surface area (Å²) in [5, 5.41) is 13.5. The van der Waals surface area contributed by atoms with E-state index in [1.807, 2.05) is 24.3 Å². The van der Waals surface area contributed by atoms with Crippen LogP contribution in [0.4, 0.5) is 5.69 Å². The van der Waals surface area contributed by atoms with Crippen molar-refractivity contribution in [3.63, 3.8) is 0 Å². The Morgan fingerprint density at radius 1 is 1.26 bits per heavy atom. The van der Waals surface area contributed by atoms with Crippen molar-refractivity contribution >= 4 is 22.7 Å². The zero-order valence-electron chi connectivity index (χ0n) is 14.5. The smallest absolute Gasteiger partial charge is 0.407 e. The van der Waals surface area contributed by atoms with Crippen LogP contribution in [0.15, 0.2) is 51.7 Å². The fourth-order valence-corrected chi connectivity index (χ4v) is 2.71. The molecule has 1 N–H and O–H groups in total. The van der Waals surface area contributed by atoms with Crippen LogP contribution in [0.25, 0.3) is 11.1 Å². The lowest BCUT2D eigenvalue weighted by atomic mass is 10.1. The second kappa shape index (κ2) is 7.83. The molecule has 0 aliphatic rings. The van der Waals surface area contributed by atoms with Crippen molar-refractivity contribution in [2.24, 2.45) is 0 Å². The lowest BCUT2D eigenvalue weighted by Gasteiger charge is -2.07. The van der Waals surface area contributed by atoms with Gasteiger partial charge in [0.1, 0.15) is 6.54 Å². The number of amides is 1. The van der Waals surface area contributed by atoms with Gasteiger partial charge in [-0.05, 0) is 17.2 Å². The van der Waals surface area contributed by atoms with Gasteiger partial charge in [-0.1, -0.05) is 24.3 Å². The third-order valence-electron chi connectivity index (χ3n) is 3.96. The summed E-state index contributed by atoms with van der Waals surface area (Å²) >= 11 is 0. The number of oxazole rings is 1. The summed E-state index contributed by atoms with van der Waals surface area (Å²) in [6.07, 6.45) is 0. The fourth-order valence-electron chi connectivity index (χ4n) is 2.71. The molecule has 0 fully saturated rings. The quantitative estimate of drug-likeness (QED) is 0.501. The van der Waals surface area contributed by atoms with Crippen LogP contribution in [0.1, 0.15) is 11.1 Å². The molecule has 3 rings (SSSR count). The Morgan fingerprint density at radius 2 is 2.04 bits per heavy atom. The van der Waals surface area contributed by atoms with Crippen LogP contribution < -0.4 is 11.1 Å². The lowest BCUT2D eigenvalue weighted by Crippen LogP contribution is -2.30. The molecule has 0 bridgehead atoms. The van der Waals surface area contributed by atoms with Gasteiger partial charge in [0.05, 0.1) is 23.1 Å². The highest BCUT2D eigenvalue weighted by atomic mass is 16.6. The number of nitrogens with one attached hydrogen (secondary N) is 1. The van der Waals surface area contributed by atoms with E-state index in [-0.39, 0.29) is 23.7 Å². The monoisotopic (exact) mass is 371 g/mol. The number of hydrogen-bond acceptors (Lipinski definition) is 6. The first-order chi connectivity index (χ1) is 13.0. The Hall–Kier alpha value is -3.46. The topological polar surface area (TPSA) is 117 Å². The Bertz CT molecular complexity index is 1050. The minimum absolute atomic E-state index is 0.0641. The maximum atomic E-state index is 12.2. The van der Waals surface area contributed by atoms with E-state index in [0.29, 0.717) is 18.7 Å². The summed E-state index contributed by atoms with van der Waals surface area (Å²) in [7, 11) is 1.61. The van der Waals surface area contributed by atoms with Gasteiger partial charge in [-0.15, -0.1) is 0 Å². The molecule has 140 valence electrons. The SMILES string of the molecule is COCc1cccc(CNC(=O)Cn2c(=O)oc3cc([N+](=O)[O-])ccc32)c1.